The quantitative estimate of drug-likeness (QED) is 0.608. The van der Waals surface area contributed by atoms with Crippen LogP contribution in [0.1, 0.15) is 43.5 Å². The molecule has 1 aromatic heterocycles. The van der Waals surface area contributed by atoms with Crippen molar-refractivity contribution in [3.05, 3.63) is 54.2 Å². The number of carbonyl (C=O) groups is 1. The number of amides is 1. The first-order valence-electron chi connectivity index (χ1n) is 8.60. The summed E-state index contributed by atoms with van der Waals surface area (Å²) >= 11 is 2.13. The van der Waals surface area contributed by atoms with Crippen molar-refractivity contribution >= 4 is 40.0 Å². The molecule has 2 rings (SSSR count). The number of nitrogens with zero attached hydrogens (tertiary/aromatic N) is 2. The van der Waals surface area contributed by atoms with Crippen molar-refractivity contribution in [3.63, 3.8) is 0 Å². The Hall–Kier alpha value is -2.10. The first-order chi connectivity index (χ1) is 12.4. The monoisotopic (exact) mass is 470 g/mol. The standard InChI is InChI=1S/C18H23IN4O3/c1-3-5-10-22(17(25)12-7-6-8-13(19)11-12)14-15(20)23(9-4-2)18(26)21-16(14)24/h6-8,11H,3-5,9-10,20H2,1-2H3,(H,21,24,26). The Morgan fingerprint density at radius 2 is 2.00 bits per heavy atom. The lowest BCUT2D eigenvalue weighted by Gasteiger charge is -2.24. The summed E-state index contributed by atoms with van der Waals surface area (Å²) in [5.74, 6) is -0.286. The molecule has 26 heavy (non-hydrogen) atoms. The lowest BCUT2D eigenvalue weighted by molar-refractivity contribution is 0.0986. The SMILES string of the molecule is CCCCN(C(=O)c1cccc(I)c1)c1c(N)n(CCC)c(=O)[nH]c1=O. The van der Waals surface area contributed by atoms with Gasteiger partial charge in [-0.3, -0.25) is 19.1 Å². The minimum Gasteiger partial charge on any atom is -0.383 e. The highest BCUT2D eigenvalue weighted by atomic mass is 127. The van der Waals surface area contributed by atoms with Crippen molar-refractivity contribution in [2.24, 2.45) is 0 Å². The fourth-order valence-corrected chi connectivity index (χ4v) is 3.24. The van der Waals surface area contributed by atoms with E-state index in [9.17, 15) is 14.4 Å². The molecule has 7 nitrogen and oxygen atoms in total. The van der Waals surface area contributed by atoms with Crippen LogP contribution >= 0.6 is 22.6 Å². The van der Waals surface area contributed by atoms with Gasteiger partial charge in [0, 0.05) is 22.2 Å². The lowest BCUT2D eigenvalue weighted by Crippen LogP contribution is -2.41. The van der Waals surface area contributed by atoms with Gasteiger partial charge >= 0.3 is 5.69 Å². The maximum Gasteiger partial charge on any atom is 0.330 e. The number of halogens is 1. The summed E-state index contributed by atoms with van der Waals surface area (Å²) in [6.45, 7) is 4.62. The number of unbranched alkanes of at least 4 members (excludes halogenated alkanes) is 1. The predicted octanol–water partition coefficient (Wildman–Crippen LogP) is 2.58. The molecule has 0 radical (unpaired) electrons. The summed E-state index contributed by atoms with van der Waals surface area (Å²) in [4.78, 5) is 41.3. The zero-order chi connectivity index (χ0) is 19.3. The van der Waals surface area contributed by atoms with Gasteiger partial charge in [0.1, 0.15) is 5.82 Å². The molecule has 1 heterocycles. The number of nitrogens with one attached hydrogen (secondary N) is 1. The van der Waals surface area contributed by atoms with E-state index in [1.165, 1.54) is 9.47 Å². The zero-order valence-corrected chi connectivity index (χ0v) is 17.1. The Balaban J connectivity index is 2.60. The Morgan fingerprint density at radius 3 is 2.62 bits per heavy atom. The van der Waals surface area contributed by atoms with Crippen molar-refractivity contribution in [2.75, 3.05) is 17.2 Å². The molecule has 0 unspecified atom stereocenters. The molecule has 0 atom stereocenters. The highest BCUT2D eigenvalue weighted by Crippen LogP contribution is 2.21. The van der Waals surface area contributed by atoms with E-state index in [0.717, 1.165) is 9.99 Å². The average Bonchev–Trinajstić information content (AvgIpc) is 2.60. The second-order valence-electron chi connectivity index (χ2n) is 5.97. The van der Waals surface area contributed by atoms with Crippen molar-refractivity contribution in [2.45, 2.75) is 39.7 Å². The van der Waals surface area contributed by atoms with Gasteiger partial charge in [-0.1, -0.05) is 26.3 Å². The van der Waals surface area contributed by atoms with Gasteiger partial charge in [0.15, 0.2) is 5.69 Å². The van der Waals surface area contributed by atoms with Crippen LogP contribution in [0.25, 0.3) is 0 Å². The maximum absolute atomic E-state index is 13.1. The van der Waals surface area contributed by atoms with Gasteiger partial charge in [-0.25, -0.2) is 4.79 Å². The van der Waals surface area contributed by atoms with Crippen molar-refractivity contribution in [3.8, 4) is 0 Å². The lowest BCUT2D eigenvalue weighted by atomic mass is 10.1. The molecule has 140 valence electrons. The molecule has 0 spiro atoms. The van der Waals surface area contributed by atoms with Crippen molar-refractivity contribution in [1.29, 1.82) is 0 Å². The van der Waals surface area contributed by atoms with Gasteiger partial charge in [-0.15, -0.1) is 0 Å². The summed E-state index contributed by atoms with van der Waals surface area (Å²) in [6, 6.07) is 7.14. The molecule has 1 amide bonds. The Bertz CT molecular complexity index is 904. The van der Waals surface area contributed by atoms with E-state index >= 15 is 0 Å². The number of H-pyrrole nitrogens is 1. The van der Waals surface area contributed by atoms with Crippen LogP contribution in [-0.2, 0) is 6.54 Å². The van der Waals surface area contributed by atoms with Crippen molar-refractivity contribution < 1.29 is 4.79 Å². The van der Waals surface area contributed by atoms with Gasteiger partial charge < -0.3 is 10.6 Å². The van der Waals surface area contributed by atoms with Gasteiger partial charge in [-0.05, 0) is 53.6 Å². The topological polar surface area (TPSA) is 101 Å². The molecular weight excluding hydrogens is 447 g/mol. The second-order valence-corrected chi connectivity index (χ2v) is 7.21. The molecule has 0 bridgehead atoms. The molecule has 0 aliphatic rings. The Labute approximate surface area is 165 Å². The van der Waals surface area contributed by atoms with Crippen LogP contribution in [0.2, 0.25) is 0 Å². The number of hydrogen-bond donors (Lipinski definition) is 2. The molecule has 0 aliphatic carbocycles. The number of rotatable bonds is 7. The van der Waals surface area contributed by atoms with E-state index in [2.05, 4.69) is 27.6 Å². The summed E-state index contributed by atoms with van der Waals surface area (Å²) in [5.41, 5.74) is 5.44. The molecule has 1 aromatic carbocycles. The fraction of sp³-hybridized carbons (Fsp3) is 0.389. The minimum absolute atomic E-state index is 0.0238. The minimum atomic E-state index is -0.644. The smallest absolute Gasteiger partial charge is 0.330 e. The maximum atomic E-state index is 13.1. The summed E-state index contributed by atoms with van der Waals surface area (Å²) < 4.78 is 2.22. The first kappa shape index (κ1) is 20.2. The van der Waals surface area contributed by atoms with Crippen LogP contribution in [0, 0.1) is 3.57 Å². The van der Waals surface area contributed by atoms with E-state index in [4.69, 9.17) is 5.73 Å². The molecule has 0 saturated carbocycles. The van der Waals surface area contributed by atoms with Gasteiger partial charge in [0.25, 0.3) is 11.5 Å². The summed E-state index contributed by atoms with van der Waals surface area (Å²) in [7, 11) is 0. The van der Waals surface area contributed by atoms with E-state index in [1.54, 1.807) is 18.2 Å². The van der Waals surface area contributed by atoms with E-state index < -0.39 is 11.2 Å². The number of anilines is 2. The molecule has 2 aromatic rings. The van der Waals surface area contributed by atoms with E-state index in [1.807, 2.05) is 19.9 Å². The third kappa shape index (κ3) is 4.35. The molecule has 0 fully saturated rings. The highest BCUT2D eigenvalue weighted by Gasteiger charge is 2.24. The molecule has 0 saturated heterocycles. The van der Waals surface area contributed by atoms with Gasteiger partial charge in [0.05, 0.1) is 0 Å². The molecule has 3 N–H and O–H groups in total. The van der Waals surface area contributed by atoms with E-state index in [0.29, 0.717) is 31.5 Å². The third-order valence-corrected chi connectivity index (χ3v) is 4.65. The van der Waals surface area contributed by atoms with Crippen LogP contribution in [0.15, 0.2) is 33.9 Å². The largest absolute Gasteiger partial charge is 0.383 e. The molecular formula is C18H23IN4O3. The summed E-state index contributed by atoms with van der Waals surface area (Å²) in [6.07, 6.45) is 2.24. The van der Waals surface area contributed by atoms with Crippen molar-refractivity contribution in [1.82, 2.24) is 9.55 Å². The van der Waals surface area contributed by atoms with Crippen LogP contribution in [0.4, 0.5) is 11.5 Å². The molecule has 8 heteroatoms. The Morgan fingerprint density at radius 1 is 1.27 bits per heavy atom. The van der Waals surface area contributed by atoms with Crippen LogP contribution in [0.3, 0.4) is 0 Å². The van der Waals surface area contributed by atoms with Crippen LogP contribution in [-0.4, -0.2) is 22.0 Å². The number of aromatic nitrogens is 2. The normalized spacial score (nSPS) is 10.7. The number of nitrogens with two attached hydrogens (primary N) is 1. The number of hydrogen-bond acceptors (Lipinski definition) is 4. The highest BCUT2D eigenvalue weighted by molar-refractivity contribution is 14.1. The third-order valence-electron chi connectivity index (χ3n) is 3.98. The van der Waals surface area contributed by atoms with Crippen LogP contribution in [0.5, 0.6) is 0 Å². The number of carbonyl (C=O) groups excluding carboxylic acids is 1. The van der Waals surface area contributed by atoms with Gasteiger partial charge in [0.2, 0.25) is 0 Å². The predicted molar refractivity (Wildman–Crippen MR) is 112 cm³/mol. The number of benzene rings is 1. The second kappa shape index (κ2) is 9.02. The zero-order valence-electron chi connectivity index (χ0n) is 14.9. The Kier molecular flexibility index (Phi) is 7.01. The average molecular weight is 470 g/mol. The fourth-order valence-electron chi connectivity index (χ4n) is 2.69. The number of nitrogen functional groups attached to an aromatic ring is 1. The van der Waals surface area contributed by atoms with E-state index in [-0.39, 0.29) is 17.4 Å². The summed E-state index contributed by atoms with van der Waals surface area (Å²) in [5, 5.41) is 0. The molecule has 0 aliphatic heterocycles. The number of aromatic amines is 1. The van der Waals surface area contributed by atoms with Crippen LogP contribution < -0.4 is 21.9 Å². The van der Waals surface area contributed by atoms with Gasteiger partial charge in [-0.2, -0.15) is 0 Å². The first-order valence-corrected chi connectivity index (χ1v) is 9.68.